The topological polar surface area (TPSA) is 74.6 Å². The SMILES string of the molecule is Cc1occc1C(=O)Nc1cc(NC(=O)N(C)Cc2cccc(Cl)c2)ccc1F. The Morgan fingerprint density at radius 2 is 1.93 bits per heavy atom. The summed E-state index contributed by atoms with van der Waals surface area (Å²) in [6, 6.07) is 12.2. The van der Waals surface area contributed by atoms with E-state index in [2.05, 4.69) is 10.6 Å². The summed E-state index contributed by atoms with van der Waals surface area (Å²) < 4.78 is 19.2. The van der Waals surface area contributed by atoms with E-state index in [9.17, 15) is 14.0 Å². The number of halogens is 2. The zero-order valence-electron chi connectivity index (χ0n) is 15.8. The van der Waals surface area contributed by atoms with E-state index >= 15 is 0 Å². The largest absolute Gasteiger partial charge is 0.469 e. The molecule has 0 aliphatic heterocycles. The number of hydrogen-bond donors (Lipinski definition) is 2. The van der Waals surface area contributed by atoms with Gasteiger partial charge >= 0.3 is 6.03 Å². The average Bonchev–Trinajstić information content (AvgIpc) is 3.10. The first-order valence-electron chi connectivity index (χ1n) is 8.75. The number of nitrogens with one attached hydrogen (secondary N) is 2. The molecule has 0 atom stereocenters. The van der Waals surface area contributed by atoms with E-state index in [0.717, 1.165) is 5.56 Å². The fourth-order valence-electron chi connectivity index (χ4n) is 2.71. The van der Waals surface area contributed by atoms with E-state index in [1.165, 1.54) is 35.4 Å². The van der Waals surface area contributed by atoms with E-state index in [-0.39, 0.29) is 11.7 Å². The van der Waals surface area contributed by atoms with Crippen molar-refractivity contribution in [2.45, 2.75) is 13.5 Å². The molecule has 8 heteroatoms. The van der Waals surface area contributed by atoms with Crippen molar-refractivity contribution in [1.29, 1.82) is 0 Å². The molecule has 0 spiro atoms. The first-order valence-corrected chi connectivity index (χ1v) is 9.13. The second-order valence-corrected chi connectivity index (χ2v) is 6.89. The van der Waals surface area contributed by atoms with Gasteiger partial charge in [0.05, 0.1) is 17.5 Å². The van der Waals surface area contributed by atoms with Gasteiger partial charge in [-0.1, -0.05) is 23.7 Å². The van der Waals surface area contributed by atoms with Crippen LogP contribution in [0.2, 0.25) is 5.02 Å². The van der Waals surface area contributed by atoms with Gasteiger partial charge in [0, 0.05) is 24.3 Å². The molecule has 29 heavy (non-hydrogen) atoms. The smallest absolute Gasteiger partial charge is 0.321 e. The van der Waals surface area contributed by atoms with Crippen LogP contribution < -0.4 is 10.6 Å². The van der Waals surface area contributed by atoms with Crippen molar-refractivity contribution in [3.05, 3.63) is 82.5 Å². The van der Waals surface area contributed by atoms with Crippen LogP contribution in [0.1, 0.15) is 21.7 Å². The molecule has 3 aromatic rings. The van der Waals surface area contributed by atoms with E-state index in [4.69, 9.17) is 16.0 Å². The molecule has 0 unspecified atom stereocenters. The predicted octanol–water partition coefficient (Wildman–Crippen LogP) is 5.30. The molecule has 3 amide bonds. The molecular weight excluding hydrogens is 397 g/mol. The molecule has 6 nitrogen and oxygen atoms in total. The summed E-state index contributed by atoms with van der Waals surface area (Å²) in [5.41, 5.74) is 1.47. The van der Waals surface area contributed by atoms with Crippen molar-refractivity contribution < 1.29 is 18.4 Å². The van der Waals surface area contributed by atoms with Gasteiger partial charge < -0.3 is 20.0 Å². The molecule has 0 bridgehead atoms. The highest BCUT2D eigenvalue weighted by Gasteiger charge is 2.15. The summed E-state index contributed by atoms with van der Waals surface area (Å²) >= 11 is 5.96. The fourth-order valence-corrected chi connectivity index (χ4v) is 2.92. The van der Waals surface area contributed by atoms with Crippen LogP contribution >= 0.6 is 11.6 Å². The van der Waals surface area contributed by atoms with Crippen molar-refractivity contribution >= 4 is 34.9 Å². The molecule has 0 radical (unpaired) electrons. The minimum Gasteiger partial charge on any atom is -0.469 e. The maximum Gasteiger partial charge on any atom is 0.321 e. The number of carbonyl (C=O) groups excluding carboxylic acids is 2. The van der Waals surface area contributed by atoms with E-state index < -0.39 is 11.7 Å². The van der Waals surface area contributed by atoms with Crippen molar-refractivity contribution in [2.24, 2.45) is 0 Å². The Morgan fingerprint density at radius 1 is 1.14 bits per heavy atom. The number of urea groups is 1. The maximum absolute atomic E-state index is 14.1. The number of anilines is 2. The second kappa shape index (κ2) is 8.79. The third-order valence-electron chi connectivity index (χ3n) is 4.22. The Balaban J connectivity index is 1.68. The molecule has 0 aliphatic carbocycles. The first kappa shape index (κ1) is 20.4. The fraction of sp³-hybridized carbons (Fsp3) is 0.143. The van der Waals surface area contributed by atoms with Crippen molar-refractivity contribution in [3.63, 3.8) is 0 Å². The third kappa shape index (κ3) is 5.14. The molecule has 150 valence electrons. The summed E-state index contributed by atoms with van der Waals surface area (Å²) in [4.78, 5) is 26.2. The van der Waals surface area contributed by atoms with E-state index in [0.29, 0.717) is 28.6 Å². The van der Waals surface area contributed by atoms with Crippen LogP contribution in [0.3, 0.4) is 0 Å². The number of rotatable bonds is 5. The summed E-state index contributed by atoms with van der Waals surface area (Å²) in [6.07, 6.45) is 1.38. The predicted molar refractivity (Wildman–Crippen MR) is 110 cm³/mol. The van der Waals surface area contributed by atoms with Crippen LogP contribution in [-0.2, 0) is 6.54 Å². The number of benzene rings is 2. The number of aryl methyl sites for hydroxylation is 1. The van der Waals surface area contributed by atoms with Crippen molar-refractivity contribution in [2.75, 3.05) is 17.7 Å². The van der Waals surface area contributed by atoms with Crippen molar-refractivity contribution in [3.8, 4) is 0 Å². The molecule has 2 aromatic carbocycles. The number of nitrogens with zero attached hydrogens (tertiary/aromatic N) is 1. The average molecular weight is 416 g/mol. The molecule has 1 aromatic heterocycles. The minimum atomic E-state index is -0.621. The van der Waals surface area contributed by atoms with Crippen LogP contribution in [0.4, 0.5) is 20.6 Å². The molecule has 1 heterocycles. The van der Waals surface area contributed by atoms with Gasteiger partial charge in [0.1, 0.15) is 11.6 Å². The lowest BCUT2D eigenvalue weighted by Gasteiger charge is -2.18. The van der Waals surface area contributed by atoms with Gasteiger partial charge in [-0.2, -0.15) is 0 Å². The Hall–Kier alpha value is -3.32. The van der Waals surface area contributed by atoms with Crippen LogP contribution in [-0.4, -0.2) is 23.9 Å². The monoisotopic (exact) mass is 415 g/mol. The highest BCUT2D eigenvalue weighted by atomic mass is 35.5. The maximum atomic E-state index is 14.1. The Labute approximate surface area is 172 Å². The van der Waals surface area contributed by atoms with Gasteiger partial charge in [-0.05, 0) is 48.9 Å². The van der Waals surface area contributed by atoms with Crippen LogP contribution in [0, 0.1) is 12.7 Å². The quantitative estimate of drug-likeness (QED) is 0.594. The molecule has 0 fully saturated rings. The van der Waals surface area contributed by atoms with Gasteiger partial charge in [0.15, 0.2) is 0 Å². The molecular formula is C21H19ClFN3O3. The highest BCUT2D eigenvalue weighted by Crippen LogP contribution is 2.22. The molecule has 3 rings (SSSR count). The summed E-state index contributed by atoms with van der Waals surface area (Å²) in [5, 5.41) is 5.76. The molecule has 0 aliphatic rings. The van der Waals surface area contributed by atoms with Gasteiger partial charge in [-0.25, -0.2) is 9.18 Å². The summed E-state index contributed by atoms with van der Waals surface area (Å²) in [6.45, 7) is 1.98. The first-order chi connectivity index (χ1) is 13.8. The summed E-state index contributed by atoms with van der Waals surface area (Å²) in [5.74, 6) is -0.698. The third-order valence-corrected chi connectivity index (χ3v) is 4.46. The summed E-state index contributed by atoms with van der Waals surface area (Å²) in [7, 11) is 1.63. The molecule has 2 N–H and O–H groups in total. The minimum absolute atomic E-state index is 0.0501. The number of amides is 3. The zero-order chi connectivity index (χ0) is 21.0. The number of carbonyl (C=O) groups is 2. The Kier molecular flexibility index (Phi) is 6.19. The van der Waals surface area contributed by atoms with Crippen LogP contribution in [0.15, 0.2) is 59.2 Å². The van der Waals surface area contributed by atoms with E-state index in [1.807, 2.05) is 6.07 Å². The van der Waals surface area contributed by atoms with Gasteiger partial charge in [-0.15, -0.1) is 0 Å². The van der Waals surface area contributed by atoms with Crippen LogP contribution in [0.5, 0.6) is 0 Å². The van der Waals surface area contributed by atoms with Gasteiger partial charge in [0.2, 0.25) is 0 Å². The zero-order valence-corrected chi connectivity index (χ0v) is 16.6. The van der Waals surface area contributed by atoms with Crippen LogP contribution in [0.25, 0.3) is 0 Å². The normalized spacial score (nSPS) is 10.5. The lowest BCUT2D eigenvalue weighted by atomic mass is 10.2. The van der Waals surface area contributed by atoms with Gasteiger partial charge in [0.25, 0.3) is 5.91 Å². The van der Waals surface area contributed by atoms with E-state index in [1.54, 1.807) is 32.2 Å². The Bertz CT molecular complexity index is 1050. The van der Waals surface area contributed by atoms with Crippen molar-refractivity contribution in [1.82, 2.24) is 4.90 Å². The lowest BCUT2D eigenvalue weighted by Crippen LogP contribution is -2.30. The number of hydrogen-bond acceptors (Lipinski definition) is 3. The second-order valence-electron chi connectivity index (χ2n) is 6.46. The lowest BCUT2D eigenvalue weighted by molar-refractivity contribution is 0.102. The molecule has 0 saturated carbocycles. The standard InChI is InChI=1S/C21H19ClFN3O3/c1-13-17(8-9-29-13)20(27)25-19-11-16(6-7-18(19)23)24-21(28)26(2)12-14-4-3-5-15(22)10-14/h3-11H,12H2,1-2H3,(H,24,28)(H,25,27). The highest BCUT2D eigenvalue weighted by molar-refractivity contribution is 6.30. The number of furan rings is 1. The Morgan fingerprint density at radius 3 is 2.62 bits per heavy atom. The molecule has 0 saturated heterocycles. The van der Waals surface area contributed by atoms with Gasteiger partial charge in [-0.3, -0.25) is 4.79 Å².